The molecular weight excluding hydrogens is 170 g/mol. The first-order chi connectivity index (χ1) is 5.78. The molecule has 2 N–H and O–H groups in total. The summed E-state index contributed by atoms with van der Waals surface area (Å²) in [6, 6.07) is 0. The zero-order valence-electron chi connectivity index (χ0n) is 8.59. The van der Waals surface area contributed by atoms with Crippen LogP contribution in [0, 0.1) is 5.92 Å². The van der Waals surface area contributed by atoms with E-state index in [-0.39, 0.29) is 5.92 Å². The average molecular weight is 187 g/mol. The Hall–Kier alpha value is -0.610. The van der Waals surface area contributed by atoms with Gasteiger partial charge in [0.15, 0.2) is 11.4 Å². The van der Waals surface area contributed by atoms with Gasteiger partial charge in [-0.05, 0) is 20.8 Å². The van der Waals surface area contributed by atoms with Crippen LogP contribution < -0.4 is 5.73 Å². The summed E-state index contributed by atoms with van der Waals surface area (Å²) in [5.74, 6) is -1.18. The number of ether oxygens (including phenoxy) is 2. The molecule has 1 aliphatic heterocycles. The van der Waals surface area contributed by atoms with Crippen molar-refractivity contribution in [1.29, 1.82) is 0 Å². The second kappa shape index (κ2) is 2.96. The van der Waals surface area contributed by atoms with E-state index in [0.717, 1.165) is 0 Å². The van der Waals surface area contributed by atoms with Crippen molar-refractivity contribution < 1.29 is 14.3 Å². The van der Waals surface area contributed by atoms with E-state index < -0.39 is 17.3 Å². The van der Waals surface area contributed by atoms with E-state index >= 15 is 0 Å². The van der Waals surface area contributed by atoms with Gasteiger partial charge in [0.1, 0.15) is 0 Å². The number of hydrogen-bond acceptors (Lipinski definition) is 3. The first-order valence-electron chi connectivity index (χ1n) is 4.42. The molecule has 2 atom stereocenters. The fraction of sp³-hybridized carbons (Fsp3) is 0.889. The predicted octanol–water partition coefficient (Wildman–Crippen LogP) is 0.649. The van der Waals surface area contributed by atoms with E-state index in [1.165, 1.54) is 0 Å². The number of amides is 1. The highest BCUT2D eigenvalue weighted by atomic mass is 16.7. The highest BCUT2D eigenvalue weighted by Crippen LogP contribution is 2.33. The third-order valence-corrected chi connectivity index (χ3v) is 2.57. The van der Waals surface area contributed by atoms with E-state index in [9.17, 15) is 4.79 Å². The van der Waals surface area contributed by atoms with Gasteiger partial charge in [0.25, 0.3) is 0 Å². The molecule has 0 aromatic rings. The molecule has 4 nitrogen and oxygen atoms in total. The molecule has 76 valence electrons. The molecule has 1 heterocycles. The number of rotatable bonds is 1. The molecule has 1 saturated heterocycles. The lowest BCUT2D eigenvalue weighted by molar-refractivity contribution is -0.314. The molecule has 0 spiro atoms. The Bertz CT molecular complexity index is 227. The summed E-state index contributed by atoms with van der Waals surface area (Å²) in [7, 11) is 0. The van der Waals surface area contributed by atoms with Gasteiger partial charge in [-0.15, -0.1) is 0 Å². The standard InChI is InChI=1S/C9H17NO3/c1-6-5-12-8(2,3)13-9(6,4)7(10)11/h6H,5H2,1-4H3,(H2,10,11). The Morgan fingerprint density at radius 3 is 2.38 bits per heavy atom. The zero-order valence-corrected chi connectivity index (χ0v) is 8.59. The van der Waals surface area contributed by atoms with Gasteiger partial charge in [-0.3, -0.25) is 4.79 Å². The second-order valence-corrected chi connectivity index (χ2v) is 4.19. The molecule has 1 aliphatic rings. The molecule has 0 saturated carbocycles. The maximum absolute atomic E-state index is 11.2. The zero-order chi connectivity index (χ0) is 10.3. The first-order valence-corrected chi connectivity index (χ1v) is 4.42. The minimum Gasteiger partial charge on any atom is -0.367 e. The Balaban J connectivity index is 2.88. The topological polar surface area (TPSA) is 61.6 Å². The van der Waals surface area contributed by atoms with Crippen LogP contribution in [0.3, 0.4) is 0 Å². The van der Waals surface area contributed by atoms with Gasteiger partial charge < -0.3 is 15.2 Å². The summed E-state index contributed by atoms with van der Waals surface area (Å²) in [6.45, 7) is 7.65. The van der Waals surface area contributed by atoms with Gasteiger partial charge in [0.2, 0.25) is 5.91 Å². The molecule has 0 aromatic heterocycles. The smallest absolute Gasteiger partial charge is 0.249 e. The molecule has 4 heteroatoms. The van der Waals surface area contributed by atoms with E-state index in [1.54, 1.807) is 20.8 Å². The fourth-order valence-electron chi connectivity index (χ4n) is 1.42. The molecule has 0 aromatic carbocycles. The lowest BCUT2D eigenvalue weighted by atomic mass is 9.89. The Morgan fingerprint density at radius 1 is 1.46 bits per heavy atom. The van der Waals surface area contributed by atoms with Gasteiger partial charge in [0.05, 0.1) is 6.61 Å². The van der Waals surface area contributed by atoms with Crippen molar-refractivity contribution in [1.82, 2.24) is 0 Å². The van der Waals surface area contributed by atoms with Crippen LogP contribution in [0.5, 0.6) is 0 Å². The lowest BCUT2D eigenvalue weighted by Gasteiger charge is -2.45. The Morgan fingerprint density at radius 2 is 2.00 bits per heavy atom. The monoisotopic (exact) mass is 187 g/mol. The van der Waals surface area contributed by atoms with Crippen LogP contribution in [0.15, 0.2) is 0 Å². The number of nitrogens with two attached hydrogens (primary N) is 1. The van der Waals surface area contributed by atoms with Crippen LogP contribution in [0.25, 0.3) is 0 Å². The van der Waals surface area contributed by atoms with E-state index in [2.05, 4.69) is 0 Å². The van der Waals surface area contributed by atoms with Crippen molar-refractivity contribution in [2.45, 2.75) is 39.1 Å². The molecule has 1 rings (SSSR count). The van der Waals surface area contributed by atoms with Crippen molar-refractivity contribution in [3.63, 3.8) is 0 Å². The average Bonchev–Trinajstić information content (AvgIpc) is 1.97. The Kier molecular flexibility index (Phi) is 2.38. The second-order valence-electron chi connectivity index (χ2n) is 4.19. The molecule has 1 fully saturated rings. The van der Waals surface area contributed by atoms with Crippen LogP contribution in [-0.2, 0) is 14.3 Å². The van der Waals surface area contributed by atoms with E-state index in [0.29, 0.717) is 6.61 Å². The Labute approximate surface area is 78.4 Å². The van der Waals surface area contributed by atoms with Gasteiger partial charge in [-0.1, -0.05) is 6.92 Å². The third kappa shape index (κ3) is 1.84. The van der Waals surface area contributed by atoms with Crippen molar-refractivity contribution in [2.75, 3.05) is 6.61 Å². The molecular formula is C9H17NO3. The summed E-state index contributed by atoms with van der Waals surface area (Å²) < 4.78 is 10.9. The summed E-state index contributed by atoms with van der Waals surface area (Å²) >= 11 is 0. The summed E-state index contributed by atoms with van der Waals surface area (Å²) in [6.07, 6.45) is 0. The number of carbonyl (C=O) groups is 1. The number of carbonyl (C=O) groups excluding carboxylic acids is 1. The van der Waals surface area contributed by atoms with Gasteiger partial charge in [-0.25, -0.2) is 0 Å². The minimum absolute atomic E-state index is 0.0157. The van der Waals surface area contributed by atoms with Crippen molar-refractivity contribution in [3.8, 4) is 0 Å². The maximum atomic E-state index is 11.2. The van der Waals surface area contributed by atoms with Gasteiger partial charge >= 0.3 is 0 Å². The maximum Gasteiger partial charge on any atom is 0.249 e. The largest absolute Gasteiger partial charge is 0.367 e. The van der Waals surface area contributed by atoms with E-state index in [1.807, 2.05) is 6.92 Å². The van der Waals surface area contributed by atoms with Crippen LogP contribution in [0.2, 0.25) is 0 Å². The molecule has 0 aliphatic carbocycles. The van der Waals surface area contributed by atoms with Crippen molar-refractivity contribution in [3.05, 3.63) is 0 Å². The van der Waals surface area contributed by atoms with Gasteiger partial charge in [-0.2, -0.15) is 0 Å². The van der Waals surface area contributed by atoms with Crippen molar-refractivity contribution in [2.24, 2.45) is 11.7 Å². The van der Waals surface area contributed by atoms with Crippen LogP contribution in [0.1, 0.15) is 27.7 Å². The molecule has 0 bridgehead atoms. The third-order valence-electron chi connectivity index (χ3n) is 2.57. The lowest BCUT2D eigenvalue weighted by Crippen LogP contribution is -2.58. The van der Waals surface area contributed by atoms with E-state index in [4.69, 9.17) is 15.2 Å². The molecule has 1 amide bonds. The summed E-state index contributed by atoms with van der Waals surface area (Å²) in [4.78, 5) is 11.2. The quantitative estimate of drug-likeness (QED) is 0.655. The predicted molar refractivity (Wildman–Crippen MR) is 47.9 cm³/mol. The first kappa shape index (κ1) is 10.5. The minimum atomic E-state index is -0.915. The van der Waals surface area contributed by atoms with Gasteiger partial charge in [0, 0.05) is 5.92 Å². The summed E-state index contributed by atoms with van der Waals surface area (Å²) in [5, 5.41) is 0. The van der Waals surface area contributed by atoms with Crippen LogP contribution in [0.4, 0.5) is 0 Å². The SMILES string of the molecule is CC1COC(C)(C)OC1(C)C(N)=O. The van der Waals surface area contributed by atoms with Crippen LogP contribution in [-0.4, -0.2) is 23.9 Å². The fourth-order valence-corrected chi connectivity index (χ4v) is 1.42. The molecule has 0 radical (unpaired) electrons. The highest BCUT2D eigenvalue weighted by Gasteiger charge is 2.47. The summed E-state index contributed by atoms with van der Waals surface area (Å²) in [5.41, 5.74) is 4.38. The highest BCUT2D eigenvalue weighted by molar-refractivity contribution is 5.83. The number of primary amides is 1. The number of hydrogen-bond donors (Lipinski definition) is 1. The molecule has 13 heavy (non-hydrogen) atoms. The van der Waals surface area contributed by atoms with Crippen molar-refractivity contribution >= 4 is 5.91 Å². The molecule has 2 unspecified atom stereocenters. The normalized spacial score (nSPS) is 38.6. The van der Waals surface area contributed by atoms with Crippen LogP contribution >= 0.6 is 0 Å².